The van der Waals surface area contributed by atoms with Crippen LogP contribution in [-0.2, 0) is 10.8 Å². The molecule has 0 spiro atoms. The summed E-state index contributed by atoms with van der Waals surface area (Å²) < 4.78 is 13.1. The molecule has 1 amide bonds. The average molecular weight is 396 g/mol. The molecule has 0 saturated heterocycles. The minimum atomic E-state index is -0.870. The van der Waals surface area contributed by atoms with Gasteiger partial charge in [-0.25, -0.2) is 4.68 Å². The number of carbonyl (C=O) groups excluding carboxylic acids is 1. The molecular formula is C22H25N3O2S. The Labute approximate surface area is 168 Å². The maximum Gasteiger partial charge on any atom is 0.255 e. The molecule has 0 saturated carbocycles. The lowest BCUT2D eigenvalue weighted by Gasteiger charge is -2.13. The van der Waals surface area contributed by atoms with E-state index in [9.17, 15) is 9.00 Å². The van der Waals surface area contributed by atoms with Crippen LogP contribution in [0.3, 0.4) is 0 Å². The van der Waals surface area contributed by atoms with Gasteiger partial charge in [-0.2, -0.15) is 5.10 Å². The van der Waals surface area contributed by atoms with Crippen molar-refractivity contribution in [2.45, 2.75) is 26.3 Å². The molecule has 0 aliphatic rings. The molecule has 1 aromatic heterocycles. The van der Waals surface area contributed by atoms with Crippen LogP contribution in [0.4, 0.5) is 0 Å². The molecule has 0 aliphatic heterocycles. The molecular weight excluding hydrogens is 370 g/mol. The van der Waals surface area contributed by atoms with Crippen molar-refractivity contribution in [3.05, 3.63) is 71.9 Å². The van der Waals surface area contributed by atoms with Crippen LogP contribution in [0.15, 0.2) is 60.8 Å². The monoisotopic (exact) mass is 395 g/mol. The molecule has 3 aromatic rings. The summed E-state index contributed by atoms with van der Waals surface area (Å²) in [5, 5.41) is 7.70. The summed E-state index contributed by atoms with van der Waals surface area (Å²) in [5.74, 6) is 0.391. The van der Waals surface area contributed by atoms with Gasteiger partial charge in [0.25, 0.3) is 5.91 Å². The quantitative estimate of drug-likeness (QED) is 0.663. The fourth-order valence-corrected chi connectivity index (χ4v) is 3.58. The normalized spacial score (nSPS) is 13.1. The van der Waals surface area contributed by atoms with Crippen LogP contribution in [0.1, 0.15) is 29.3 Å². The van der Waals surface area contributed by atoms with E-state index in [1.807, 2.05) is 68.4 Å². The van der Waals surface area contributed by atoms with Crippen molar-refractivity contribution >= 4 is 16.7 Å². The van der Waals surface area contributed by atoms with Gasteiger partial charge in [-0.1, -0.05) is 48.0 Å². The van der Waals surface area contributed by atoms with Crippen LogP contribution in [0.5, 0.6) is 0 Å². The molecule has 2 aromatic carbocycles. The second kappa shape index (κ2) is 8.97. The van der Waals surface area contributed by atoms with Crippen molar-refractivity contribution in [2.24, 2.45) is 0 Å². The van der Waals surface area contributed by atoms with Gasteiger partial charge in [-0.15, -0.1) is 0 Å². The fraction of sp³-hybridized carbons (Fsp3) is 0.273. The molecule has 146 valence electrons. The second-order valence-electron chi connectivity index (χ2n) is 6.98. The molecule has 3 rings (SSSR count). The number of rotatable bonds is 7. The first kappa shape index (κ1) is 20.0. The zero-order chi connectivity index (χ0) is 20.1. The van der Waals surface area contributed by atoms with Crippen molar-refractivity contribution in [2.75, 3.05) is 12.0 Å². The van der Waals surface area contributed by atoms with Gasteiger partial charge in [0, 0.05) is 40.6 Å². The highest BCUT2D eigenvalue weighted by molar-refractivity contribution is 7.84. The Morgan fingerprint density at radius 1 is 1.14 bits per heavy atom. The van der Waals surface area contributed by atoms with E-state index in [0.717, 1.165) is 11.3 Å². The summed E-state index contributed by atoms with van der Waals surface area (Å²) >= 11 is 0. The van der Waals surface area contributed by atoms with Gasteiger partial charge in [0.2, 0.25) is 0 Å². The smallest absolute Gasteiger partial charge is 0.255 e. The third kappa shape index (κ3) is 4.95. The number of amides is 1. The predicted molar refractivity (Wildman–Crippen MR) is 114 cm³/mol. The standard InChI is InChI=1S/C22H25N3O2S/c1-16-9-11-19(12-10-16)25-15-20(21(24-25)18-7-5-4-6-8-18)22(26)23-17(2)13-14-28(3)27/h4-12,15,17H,13-14H2,1-3H3,(H,23,26)/t17-,28-/m1/s1. The Morgan fingerprint density at radius 3 is 2.46 bits per heavy atom. The molecule has 6 heteroatoms. The van der Waals surface area contributed by atoms with Gasteiger partial charge < -0.3 is 5.32 Å². The molecule has 28 heavy (non-hydrogen) atoms. The summed E-state index contributed by atoms with van der Waals surface area (Å²) in [6.07, 6.45) is 4.11. The first-order chi connectivity index (χ1) is 13.4. The molecule has 0 unspecified atom stereocenters. The van der Waals surface area contributed by atoms with Crippen molar-refractivity contribution in [1.29, 1.82) is 0 Å². The minimum absolute atomic E-state index is 0.0669. The van der Waals surface area contributed by atoms with E-state index < -0.39 is 10.8 Å². The lowest BCUT2D eigenvalue weighted by molar-refractivity contribution is 0.0940. The summed E-state index contributed by atoms with van der Waals surface area (Å²) in [6.45, 7) is 3.96. The largest absolute Gasteiger partial charge is 0.349 e. The molecule has 0 fully saturated rings. The third-order valence-corrected chi connectivity index (χ3v) is 5.33. The Kier molecular flexibility index (Phi) is 6.41. The molecule has 0 radical (unpaired) electrons. The number of nitrogens with one attached hydrogen (secondary N) is 1. The van der Waals surface area contributed by atoms with Crippen molar-refractivity contribution in [1.82, 2.24) is 15.1 Å². The molecule has 1 heterocycles. The lowest BCUT2D eigenvalue weighted by Crippen LogP contribution is -2.33. The van der Waals surface area contributed by atoms with Crippen LogP contribution in [0, 0.1) is 6.92 Å². The van der Waals surface area contributed by atoms with Crippen LogP contribution >= 0.6 is 0 Å². The molecule has 5 nitrogen and oxygen atoms in total. The number of nitrogens with zero attached hydrogens (tertiary/aromatic N) is 2. The average Bonchev–Trinajstić information content (AvgIpc) is 3.13. The van der Waals surface area contributed by atoms with Crippen molar-refractivity contribution in [3.63, 3.8) is 0 Å². The Balaban J connectivity index is 1.93. The number of aryl methyl sites for hydroxylation is 1. The number of carbonyl (C=O) groups is 1. The summed E-state index contributed by atoms with van der Waals surface area (Å²) in [6, 6.07) is 17.6. The molecule has 2 atom stereocenters. The van der Waals surface area contributed by atoms with Crippen LogP contribution in [0.25, 0.3) is 16.9 Å². The number of hydrogen-bond donors (Lipinski definition) is 1. The predicted octanol–water partition coefficient (Wildman–Crippen LogP) is 3.73. The van der Waals surface area contributed by atoms with E-state index in [4.69, 9.17) is 5.10 Å². The van der Waals surface area contributed by atoms with Gasteiger partial charge in [-0.3, -0.25) is 9.00 Å². The third-order valence-electron chi connectivity index (χ3n) is 4.52. The maximum atomic E-state index is 13.0. The van der Waals surface area contributed by atoms with Gasteiger partial charge in [0.05, 0.1) is 11.3 Å². The fourth-order valence-electron chi connectivity index (χ4n) is 2.90. The topological polar surface area (TPSA) is 64.0 Å². The van der Waals surface area contributed by atoms with Gasteiger partial charge in [-0.05, 0) is 32.4 Å². The zero-order valence-corrected chi connectivity index (χ0v) is 17.2. The van der Waals surface area contributed by atoms with E-state index in [2.05, 4.69) is 5.32 Å². The Bertz CT molecular complexity index is 965. The highest BCUT2D eigenvalue weighted by atomic mass is 32.2. The maximum absolute atomic E-state index is 13.0. The number of aromatic nitrogens is 2. The van der Waals surface area contributed by atoms with E-state index in [1.54, 1.807) is 17.1 Å². The van der Waals surface area contributed by atoms with Gasteiger partial charge in [0.15, 0.2) is 0 Å². The SMILES string of the molecule is Cc1ccc(-n2cc(C(=O)N[C@H](C)CC[S@@](C)=O)c(-c3ccccc3)n2)cc1. The van der Waals surface area contributed by atoms with Gasteiger partial charge >= 0.3 is 0 Å². The van der Waals surface area contributed by atoms with E-state index in [1.165, 1.54) is 5.56 Å². The summed E-state index contributed by atoms with van der Waals surface area (Å²) in [7, 11) is -0.870. The Hall–Kier alpha value is -2.73. The zero-order valence-electron chi connectivity index (χ0n) is 16.4. The number of hydrogen-bond acceptors (Lipinski definition) is 3. The lowest BCUT2D eigenvalue weighted by atomic mass is 10.1. The van der Waals surface area contributed by atoms with Crippen LogP contribution in [-0.4, -0.2) is 37.9 Å². The summed E-state index contributed by atoms with van der Waals surface area (Å²) in [4.78, 5) is 13.0. The molecule has 0 aliphatic carbocycles. The molecule has 0 bridgehead atoms. The number of benzene rings is 2. The summed E-state index contributed by atoms with van der Waals surface area (Å²) in [5.41, 5.74) is 4.12. The second-order valence-corrected chi connectivity index (χ2v) is 8.53. The van der Waals surface area contributed by atoms with Crippen molar-refractivity contribution in [3.8, 4) is 16.9 Å². The van der Waals surface area contributed by atoms with Crippen LogP contribution < -0.4 is 5.32 Å². The van der Waals surface area contributed by atoms with Crippen LogP contribution in [0.2, 0.25) is 0 Å². The van der Waals surface area contributed by atoms with E-state index >= 15 is 0 Å². The van der Waals surface area contributed by atoms with E-state index in [-0.39, 0.29) is 11.9 Å². The van der Waals surface area contributed by atoms with E-state index in [0.29, 0.717) is 23.4 Å². The highest BCUT2D eigenvalue weighted by Gasteiger charge is 2.20. The van der Waals surface area contributed by atoms with Gasteiger partial charge in [0.1, 0.15) is 5.69 Å². The Morgan fingerprint density at radius 2 is 1.82 bits per heavy atom. The molecule has 1 N–H and O–H groups in total. The first-order valence-corrected chi connectivity index (χ1v) is 11.0. The van der Waals surface area contributed by atoms with Crippen molar-refractivity contribution < 1.29 is 9.00 Å². The minimum Gasteiger partial charge on any atom is -0.349 e. The first-order valence-electron chi connectivity index (χ1n) is 9.27. The highest BCUT2D eigenvalue weighted by Crippen LogP contribution is 2.24.